The molecule has 0 bridgehead atoms. The monoisotopic (exact) mass is 307 g/mol. The first kappa shape index (κ1) is 15.3. The molecule has 0 saturated heterocycles. The fraction of sp³-hybridized carbons (Fsp3) is 0.211. The number of hydrogen-bond donors (Lipinski definition) is 2. The van der Waals surface area contributed by atoms with Crippen LogP contribution >= 0.6 is 0 Å². The molecule has 0 aromatic heterocycles. The quantitative estimate of drug-likeness (QED) is 0.835. The van der Waals surface area contributed by atoms with Gasteiger partial charge in [-0.1, -0.05) is 48.5 Å². The highest BCUT2D eigenvalue weighted by Gasteiger charge is 2.12. The Bertz CT molecular complexity index is 668. The van der Waals surface area contributed by atoms with Crippen molar-refractivity contribution in [3.63, 3.8) is 0 Å². The van der Waals surface area contributed by atoms with Gasteiger partial charge in [-0.2, -0.15) is 0 Å². The van der Waals surface area contributed by atoms with Crippen molar-refractivity contribution in [2.24, 2.45) is 0 Å². The molecular weight excluding hydrogens is 286 g/mol. The third-order valence-corrected chi connectivity index (χ3v) is 3.91. The fourth-order valence-electron chi connectivity index (χ4n) is 2.61. The lowest BCUT2D eigenvalue weighted by Gasteiger charge is -2.26. The van der Waals surface area contributed by atoms with Crippen molar-refractivity contribution in [3.8, 4) is 0 Å². The normalized spacial score (nSPS) is 14.9. The number of benzene rings is 2. The zero-order valence-electron chi connectivity index (χ0n) is 13.0. The van der Waals surface area contributed by atoms with E-state index in [1.165, 1.54) is 5.56 Å². The van der Waals surface area contributed by atoms with Crippen molar-refractivity contribution < 1.29 is 4.79 Å². The highest BCUT2D eigenvalue weighted by molar-refractivity contribution is 5.93. The van der Waals surface area contributed by atoms with E-state index in [4.69, 9.17) is 0 Å². The highest BCUT2D eigenvalue weighted by Crippen LogP contribution is 2.11. The second-order valence-electron chi connectivity index (χ2n) is 5.65. The first-order chi connectivity index (χ1) is 11.3. The zero-order valence-corrected chi connectivity index (χ0v) is 13.0. The van der Waals surface area contributed by atoms with Gasteiger partial charge >= 0.3 is 0 Å². The van der Waals surface area contributed by atoms with Crippen LogP contribution in [0, 0.1) is 0 Å². The summed E-state index contributed by atoms with van der Waals surface area (Å²) in [5.41, 5.74) is 8.85. The Morgan fingerprint density at radius 1 is 1.00 bits per heavy atom. The molecule has 4 nitrogen and oxygen atoms in total. The van der Waals surface area contributed by atoms with Crippen LogP contribution in [0.3, 0.4) is 0 Å². The summed E-state index contributed by atoms with van der Waals surface area (Å²) in [5.74, 6) is -0.113. The molecule has 2 N–H and O–H groups in total. The molecule has 0 saturated carbocycles. The molecule has 1 aliphatic heterocycles. The second kappa shape index (κ2) is 7.61. The lowest BCUT2D eigenvalue weighted by Crippen LogP contribution is -2.40. The van der Waals surface area contributed by atoms with Gasteiger partial charge in [0, 0.05) is 37.3 Å². The number of nitrogens with one attached hydrogen (secondary N) is 2. The first-order valence-corrected chi connectivity index (χ1v) is 7.88. The van der Waals surface area contributed by atoms with Gasteiger partial charge in [-0.15, -0.1) is 0 Å². The molecule has 0 fully saturated rings. The molecule has 23 heavy (non-hydrogen) atoms. The maximum atomic E-state index is 12.0. The smallest absolute Gasteiger partial charge is 0.269 e. The van der Waals surface area contributed by atoms with Crippen LogP contribution in [0.4, 0.5) is 0 Å². The van der Waals surface area contributed by atoms with Gasteiger partial charge in [0.05, 0.1) is 0 Å². The average molecular weight is 307 g/mol. The van der Waals surface area contributed by atoms with Gasteiger partial charge in [0.15, 0.2) is 0 Å². The Balaban J connectivity index is 1.47. The van der Waals surface area contributed by atoms with Gasteiger partial charge < -0.3 is 5.43 Å². The molecule has 3 rings (SSSR count). The first-order valence-electron chi connectivity index (χ1n) is 7.88. The van der Waals surface area contributed by atoms with Crippen molar-refractivity contribution in [2.45, 2.75) is 13.0 Å². The number of carbonyl (C=O) groups excluding carboxylic acids is 1. The number of nitrogens with zero attached hydrogens (tertiary/aromatic N) is 1. The maximum absolute atomic E-state index is 12.0. The van der Waals surface area contributed by atoms with Crippen LogP contribution in [-0.2, 0) is 6.54 Å². The molecule has 0 aliphatic carbocycles. The number of hydrogen-bond acceptors (Lipinski definition) is 3. The molecule has 1 heterocycles. The van der Waals surface area contributed by atoms with E-state index in [2.05, 4.69) is 46.1 Å². The lowest BCUT2D eigenvalue weighted by molar-refractivity contribution is 0.0937. The number of amides is 1. The van der Waals surface area contributed by atoms with E-state index in [-0.39, 0.29) is 5.91 Å². The summed E-state index contributed by atoms with van der Waals surface area (Å²) >= 11 is 0. The van der Waals surface area contributed by atoms with E-state index < -0.39 is 0 Å². The van der Waals surface area contributed by atoms with Crippen LogP contribution < -0.4 is 10.9 Å². The van der Waals surface area contributed by atoms with E-state index in [1.807, 2.05) is 24.3 Å². The Hall–Kier alpha value is -2.59. The molecule has 4 heteroatoms. The van der Waals surface area contributed by atoms with E-state index >= 15 is 0 Å². The summed E-state index contributed by atoms with van der Waals surface area (Å²) in [4.78, 5) is 14.4. The minimum atomic E-state index is -0.113. The Kier molecular flexibility index (Phi) is 5.06. The summed E-state index contributed by atoms with van der Waals surface area (Å²) in [6, 6.07) is 19.7. The van der Waals surface area contributed by atoms with E-state index in [1.54, 1.807) is 12.1 Å². The predicted molar refractivity (Wildman–Crippen MR) is 91.5 cm³/mol. The van der Waals surface area contributed by atoms with Crippen molar-refractivity contribution in [3.05, 3.63) is 83.6 Å². The van der Waals surface area contributed by atoms with Crippen molar-refractivity contribution >= 4 is 5.91 Å². The third-order valence-electron chi connectivity index (χ3n) is 3.91. The number of hydrazine groups is 1. The number of carbonyl (C=O) groups is 1. The van der Waals surface area contributed by atoms with Crippen molar-refractivity contribution in [1.29, 1.82) is 0 Å². The summed E-state index contributed by atoms with van der Waals surface area (Å²) < 4.78 is 0. The molecule has 0 unspecified atom stereocenters. The molecule has 1 amide bonds. The minimum absolute atomic E-state index is 0.113. The Labute approximate surface area is 136 Å². The van der Waals surface area contributed by atoms with Crippen LogP contribution in [0.1, 0.15) is 22.3 Å². The van der Waals surface area contributed by atoms with Gasteiger partial charge in [-0.05, 0) is 23.8 Å². The topological polar surface area (TPSA) is 44.4 Å². The van der Waals surface area contributed by atoms with Crippen LogP contribution in [-0.4, -0.2) is 23.9 Å². The van der Waals surface area contributed by atoms with Crippen LogP contribution in [0.5, 0.6) is 0 Å². The van der Waals surface area contributed by atoms with Crippen LogP contribution in [0.25, 0.3) is 0 Å². The average Bonchev–Trinajstić information content (AvgIpc) is 2.62. The van der Waals surface area contributed by atoms with Gasteiger partial charge in [0.1, 0.15) is 0 Å². The maximum Gasteiger partial charge on any atom is 0.269 e. The SMILES string of the molecule is O=C(NNC1=CCN(Cc2ccccc2)CC1)c1ccccc1. The van der Waals surface area contributed by atoms with E-state index in [0.29, 0.717) is 5.56 Å². The number of rotatable bonds is 5. The fourth-order valence-corrected chi connectivity index (χ4v) is 2.61. The summed E-state index contributed by atoms with van der Waals surface area (Å²) in [5, 5.41) is 0. The van der Waals surface area contributed by atoms with Crippen molar-refractivity contribution in [1.82, 2.24) is 15.8 Å². The van der Waals surface area contributed by atoms with E-state index in [0.717, 1.165) is 31.8 Å². The predicted octanol–water partition coefficient (Wildman–Crippen LogP) is 2.71. The summed E-state index contributed by atoms with van der Waals surface area (Å²) in [6.07, 6.45) is 3.04. The second-order valence-corrected chi connectivity index (χ2v) is 5.65. The van der Waals surface area contributed by atoms with Crippen LogP contribution in [0.15, 0.2) is 72.4 Å². The largest absolute Gasteiger partial charge is 0.303 e. The Morgan fingerprint density at radius 3 is 2.35 bits per heavy atom. The molecular formula is C19H21N3O. The van der Waals surface area contributed by atoms with E-state index in [9.17, 15) is 4.79 Å². The van der Waals surface area contributed by atoms with Gasteiger partial charge in [0.2, 0.25) is 0 Å². The molecule has 0 atom stereocenters. The van der Waals surface area contributed by atoms with Gasteiger partial charge in [0.25, 0.3) is 5.91 Å². The standard InChI is InChI=1S/C19H21N3O/c23-19(17-9-5-2-6-10-17)21-20-18-11-13-22(14-12-18)15-16-7-3-1-4-8-16/h1-11,20H,12-15H2,(H,21,23). The van der Waals surface area contributed by atoms with Gasteiger partial charge in [-0.25, -0.2) is 0 Å². The molecule has 2 aromatic carbocycles. The molecule has 118 valence electrons. The van der Waals surface area contributed by atoms with Gasteiger partial charge in [-0.3, -0.25) is 15.1 Å². The lowest BCUT2D eigenvalue weighted by atomic mass is 10.1. The third kappa shape index (κ3) is 4.44. The zero-order chi connectivity index (χ0) is 15.9. The van der Waals surface area contributed by atoms with Crippen LogP contribution in [0.2, 0.25) is 0 Å². The van der Waals surface area contributed by atoms with Crippen molar-refractivity contribution in [2.75, 3.05) is 13.1 Å². The molecule has 1 aliphatic rings. The molecule has 2 aromatic rings. The minimum Gasteiger partial charge on any atom is -0.303 e. The summed E-state index contributed by atoms with van der Waals surface area (Å²) in [6.45, 7) is 2.83. The Morgan fingerprint density at radius 2 is 1.70 bits per heavy atom. The highest BCUT2D eigenvalue weighted by atomic mass is 16.2. The summed E-state index contributed by atoms with van der Waals surface area (Å²) in [7, 11) is 0. The molecule has 0 spiro atoms. The molecule has 0 radical (unpaired) electrons.